The number of hydrogen-bond donors (Lipinski definition) is 0. The van der Waals surface area contributed by atoms with Crippen LogP contribution in [0, 0.1) is 11.5 Å². The van der Waals surface area contributed by atoms with Gasteiger partial charge in [-0.1, -0.05) is 36.4 Å². The molecule has 2 aromatic carbocycles. The number of likely N-dealkylation sites (tertiary alicyclic amines) is 1. The standard InChI is InChI=1S/C19H18N4/c1-22-17-10-9-15(14-6-3-2-4-7-14)12-16(17)21-19(22)18-8-5-11-23(18)13-20/h2-4,6-7,9-10,12,18H,5,8,11H2,1H3. The second-order valence-electron chi connectivity index (χ2n) is 6.05. The van der Waals surface area contributed by atoms with E-state index in [1.807, 2.05) is 30.1 Å². The van der Waals surface area contributed by atoms with E-state index in [2.05, 4.69) is 41.1 Å². The zero-order valence-corrected chi connectivity index (χ0v) is 13.1. The highest BCUT2D eigenvalue weighted by Crippen LogP contribution is 2.33. The van der Waals surface area contributed by atoms with Gasteiger partial charge in [-0.25, -0.2) is 4.98 Å². The minimum Gasteiger partial charge on any atom is -0.329 e. The van der Waals surface area contributed by atoms with Crippen LogP contribution in [0.3, 0.4) is 0 Å². The van der Waals surface area contributed by atoms with Gasteiger partial charge in [0.15, 0.2) is 6.19 Å². The smallest absolute Gasteiger partial charge is 0.180 e. The van der Waals surface area contributed by atoms with Gasteiger partial charge in [-0.15, -0.1) is 0 Å². The number of aromatic nitrogens is 2. The summed E-state index contributed by atoms with van der Waals surface area (Å²) in [6.45, 7) is 0.833. The number of fused-ring (bicyclic) bond motifs is 1. The Labute approximate surface area is 135 Å². The van der Waals surface area contributed by atoms with Gasteiger partial charge < -0.3 is 9.47 Å². The third-order valence-electron chi connectivity index (χ3n) is 4.70. The molecule has 1 saturated heterocycles. The highest BCUT2D eigenvalue weighted by Gasteiger charge is 2.29. The molecule has 114 valence electrons. The van der Waals surface area contributed by atoms with Crippen molar-refractivity contribution >= 4 is 11.0 Å². The van der Waals surface area contributed by atoms with Gasteiger partial charge in [0.2, 0.25) is 0 Å². The first-order valence-electron chi connectivity index (χ1n) is 7.96. The third kappa shape index (κ3) is 2.25. The Balaban J connectivity index is 1.80. The lowest BCUT2D eigenvalue weighted by Crippen LogP contribution is -2.19. The summed E-state index contributed by atoms with van der Waals surface area (Å²) in [5.41, 5.74) is 4.48. The SMILES string of the molecule is Cn1c(C2CCCN2C#N)nc2cc(-c3ccccc3)ccc21. The average molecular weight is 302 g/mol. The molecule has 0 aliphatic carbocycles. The summed E-state index contributed by atoms with van der Waals surface area (Å²) >= 11 is 0. The van der Waals surface area contributed by atoms with Crippen molar-refractivity contribution in [1.29, 1.82) is 5.26 Å². The van der Waals surface area contributed by atoms with Crippen LogP contribution in [0.4, 0.5) is 0 Å². The Hall–Kier alpha value is -2.80. The zero-order valence-electron chi connectivity index (χ0n) is 13.1. The molecule has 1 aromatic heterocycles. The number of imidazole rings is 1. The summed E-state index contributed by atoms with van der Waals surface area (Å²) in [6, 6.07) is 16.9. The first-order chi connectivity index (χ1) is 11.3. The van der Waals surface area contributed by atoms with Crippen LogP contribution in [-0.2, 0) is 7.05 Å². The molecular formula is C19H18N4. The molecule has 4 nitrogen and oxygen atoms in total. The normalized spacial score (nSPS) is 17.6. The molecule has 0 saturated carbocycles. The lowest BCUT2D eigenvalue weighted by molar-refractivity contribution is 0.354. The maximum Gasteiger partial charge on any atom is 0.180 e. The number of nitriles is 1. The fourth-order valence-corrected chi connectivity index (χ4v) is 3.48. The molecule has 1 atom stereocenters. The Morgan fingerprint density at radius 1 is 1.13 bits per heavy atom. The molecule has 4 rings (SSSR count). The van der Waals surface area contributed by atoms with Gasteiger partial charge in [-0.3, -0.25) is 0 Å². The Bertz CT molecular complexity index is 889. The van der Waals surface area contributed by atoms with Crippen molar-refractivity contribution in [3.05, 3.63) is 54.4 Å². The summed E-state index contributed by atoms with van der Waals surface area (Å²) in [6.07, 6.45) is 4.35. The molecule has 1 aliphatic rings. The van der Waals surface area contributed by atoms with Gasteiger partial charge in [-0.05, 0) is 36.1 Å². The molecule has 1 unspecified atom stereocenters. The first-order valence-corrected chi connectivity index (χ1v) is 7.96. The van der Waals surface area contributed by atoms with Crippen molar-refractivity contribution in [3.63, 3.8) is 0 Å². The minimum atomic E-state index is 0.109. The molecule has 0 spiro atoms. The van der Waals surface area contributed by atoms with Gasteiger partial charge >= 0.3 is 0 Å². The third-order valence-corrected chi connectivity index (χ3v) is 4.70. The van der Waals surface area contributed by atoms with Crippen LogP contribution < -0.4 is 0 Å². The monoisotopic (exact) mass is 302 g/mol. The molecule has 0 amide bonds. The predicted octanol–water partition coefficient (Wildman–Crippen LogP) is 3.86. The molecule has 0 bridgehead atoms. The molecule has 0 N–H and O–H groups in total. The lowest BCUT2D eigenvalue weighted by Gasteiger charge is -2.17. The van der Waals surface area contributed by atoms with E-state index in [1.165, 1.54) is 11.1 Å². The van der Waals surface area contributed by atoms with Crippen LogP contribution in [0.2, 0.25) is 0 Å². The van der Waals surface area contributed by atoms with E-state index in [-0.39, 0.29) is 6.04 Å². The van der Waals surface area contributed by atoms with E-state index in [9.17, 15) is 5.26 Å². The van der Waals surface area contributed by atoms with Crippen LogP contribution >= 0.6 is 0 Å². The van der Waals surface area contributed by atoms with Gasteiger partial charge in [-0.2, -0.15) is 5.26 Å². The topological polar surface area (TPSA) is 44.9 Å². The van der Waals surface area contributed by atoms with E-state index in [0.29, 0.717) is 0 Å². The van der Waals surface area contributed by atoms with E-state index in [4.69, 9.17) is 4.98 Å². The van der Waals surface area contributed by atoms with Crippen LogP contribution in [0.25, 0.3) is 22.2 Å². The van der Waals surface area contributed by atoms with Crippen molar-refractivity contribution in [2.24, 2.45) is 7.05 Å². The number of nitrogens with zero attached hydrogens (tertiary/aromatic N) is 4. The van der Waals surface area contributed by atoms with Gasteiger partial charge in [0.05, 0.1) is 17.1 Å². The Kier molecular flexibility index (Phi) is 3.27. The largest absolute Gasteiger partial charge is 0.329 e. The van der Waals surface area contributed by atoms with Crippen LogP contribution in [0.5, 0.6) is 0 Å². The first kappa shape index (κ1) is 13.8. The van der Waals surface area contributed by atoms with E-state index >= 15 is 0 Å². The highest BCUT2D eigenvalue weighted by atomic mass is 15.2. The second-order valence-corrected chi connectivity index (χ2v) is 6.05. The van der Waals surface area contributed by atoms with Crippen molar-refractivity contribution in [1.82, 2.24) is 14.5 Å². The fraction of sp³-hybridized carbons (Fsp3) is 0.263. The molecule has 1 fully saturated rings. The quantitative estimate of drug-likeness (QED) is 0.675. The number of rotatable bonds is 2. The molecule has 1 aliphatic heterocycles. The predicted molar refractivity (Wildman–Crippen MR) is 90.4 cm³/mol. The second kappa shape index (κ2) is 5.44. The number of benzene rings is 2. The van der Waals surface area contributed by atoms with E-state index in [0.717, 1.165) is 36.2 Å². The summed E-state index contributed by atoms with van der Waals surface area (Å²) < 4.78 is 2.13. The van der Waals surface area contributed by atoms with Crippen LogP contribution in [-0.4, -0.2) is 21.0 Å². The molecule has 3 aromatic rings. The highest BCUT2D eigenvalue weighted by molar-refractivity contribution is 5.82. The molecular weight excluding hydrogens is 284 g/mol. The average Bonchev–Trinajstić information content (AvgIpc) is 3.19. The maximum absolute atomic E-state index is 9.30. The van der Waals surface area contributed by atoms with Crippen molar-refractivity contribution in [2.45, 2.75) is 18.9 Å². The summed E-state index contributed by atoms with van der Waals surface area (Å²) in [4.78, 5) is 6.70. The van der Waals surface area contributed by atoms with Gasteiger partial charge in [0, 0.05) is 13.6 Å². The molecule has 4 heteroatoms. The van der Waals surface area contributed by atoms with Crippen molar-refractivity contribution < 1.29 is 0 Å². The molecule has 0 radical (unpaired) electrons. The summed E-state index contributed by atoms with van der Waals surface area (Å²) in [7, 11) is 2.04. The molecule has 23 heavy (non-hydrogen) atoms. The van der Waals surface area contributed by atoms with Crippen LogP contribution in [0.15, 0.2) is 48.5 Å². The Morgan fingerprint density at radius 3 is 2.74 bits per heavy atom. The van der Waals surface area contributed by atoms with E-state index in [1.54, 1.807) is 0 Å². The zero-order chi connectivity index (χ0) is 15.8. The van der Waals surface area contributed by atoms with Crippen LogP contribution in [0.1, 0.15) is 24.7 Å². The van der Waals surface area contributed by atoms with Gasteiger partial charge in [0.25, 0.3) is 0 Å². The maximum atomic E-state index is 9.30. The number of hydrogen-bond acceptors (Lipinski definition) is 3. The lowest BCUT2D eigenvalue weighted by atomic mass is 10.1. The molecule has 2 heterocycles. The van der Waals surface area contributed by atoms with Crippen molar-refractivity contribution in [3.8, 4) is 17.3 Å². The van der Waals surface area contributed by atoms with E-state index < -0.39 is 0 Å². The summed E-state index contributed by atoms with van der Waals surface area (Å²) in [5, 5.41) is 9.30. The minimum absolute atomic E-state index is 0.109. The fourth-order valence-electron chi connectivity index (χ4n) is 3.48. The van der Waals surface area contributed by atoms with Gasteiger partial charge in [0.1, 0.15) is 5.82 Å². The number of aryl methyl sites for hydroxylation is 1. The Morgan fingerprint density at radius 2 is 1.96 bits per heavy atom. The summed E-state index contributed by atoms with van der Waals surface area (Å²) in [5.74, 6) is 0.990. The van der Waals surface area contributed by atoms with Crippen molar-refractivity contribution in [2.75, 3.05) is 6.54 Å².